The zero-order valence-electron chi connectivity index (χ0n) is 23.5. The van der Waals surface area contributed by atoms with Gasteiger partial charge in [-0.1, -0.05) is 74.5 Å². The lowest BCUT2D eigenvalue weighted by Crippen LogP contribution is -2.51. The molecule has 2 N–H and O–H groups in total. The van der Waals surface area contributed by atoms with Crippen LogP contribution < -0.4 is 5.56 Å². The summed E-state index contributed by atoms with van der Waals surface area (Å²) in [7, 11) is 1.68. The number of carboxylic acid groups (broad SMARTS) is 1. The van der Waals surface area contributed by atoms with Crippen LogP contribution in [0.3, 0.4) is 0 Å². The molecule has 206 valence electrons. The Bertz CT molecular complexity index is 1400. The number of oxime groups is 1. The summed E-state index contributed by atoms with van der Waals surface area (Å²) in [5, 5.41) is 23.4. The molecule has 1 aliphatic rings. The monoisotopic (exact) mass is 529 g/mol. The van der Waals surface area contributed by atoms with Crippen molar-refractivity contribution in [2.45, 2.75) is 64.8 Å². The molecule has 1 saturated heterocycles. The Kier molecular flexibility index (Phi) is 8.28. The third kappa shape index (κ3) is 6.24. The van der Waals surface area contributed by atoms with Gasteiger partial charge in [-0.05, 0) is 59.4 Å². The number of piperidine rings is 1. The van der Waals surface area contributed by atoms with Crippen LogP contribution in [0, 0.1) is 12.3 Å². The Morgan fingerprint density at radius 2 is 1.77 bits per heavy atom. The largest absolute Gasteiger partial charge is 0.465 e. The summed E-state index contributed by atoms with van der Waals surface area (Å²) >= 11 is 0. The van der Waals surface area contributed by atoms with Crippen LogP contribution in [0.1, 0.15) is 79.7 Å². The molecule has 3 aromatic rings. The molecule has 7 nitrogen and oxygen atoms in total. The van der Waals surface area contributed by atoms with Crippen molar-refractivity contribution in [1.82, 2.24) is 9.47 Å². The molecule has 0 spiro atoms. The molecule has 39 heavy (non-hydrogen) atoms. The van der Waals surface area contributed by atoms with Gasteiger partial charge in [0.15, 0.2) is 0 Å². The highest BCUT2D eigenvalue weighted by Gasteiger charge is 2.39. The average Bonchev–Trinajstić information content (AvgIpc) is 2.91. The van der Waals surface area contributed by atoms with Gasteiger partial charge in [-0.3, -0.25) is 4.79 Å². The first-order valence-electron chi connectivity index (χ1n) is 13.5. The molecule has 1 aromatic heterocycles. The van der Waals surface area contributed by atoms with Gasteiger partial charge >= 0.3 is 6.09 Å². The number of carbonyl (C=O) groups is 1. The van der Waals surface area contributed by atoms with E-state index in [1.165, 1.54) is 16.2 Å². The van der Waals surface area contributed by atoms with E-state index in [0.29, 0.717) is 24.2 Å². The SMILES string of the molecule is Cc1ccccc1C(C/C(=N\O)c1ccc(=O)n(C)c1)c1ccc(C2CCN(C(=O)O)C(C(C)(C)C)C2)cc1. The number of hydrogen-bond donors (Lipinski definition) is 2. The second kappa shape index (κ2) is 11.5. The molecule has 4 rings (SSSR count). The van der Waals surface area contributed by atoms with Crippen molar-refractivity contribution in [3.63, 3.8) is 0 Å². The summed E-state index contributed by atoms with van der Waals surface area (Å²) in [4.78, 5) is 25.4. The normalized spacial score (nSPS) is 19.1. The summed E-state index contributed by atoms with van der Waals surface area (Å²) in [6.07, 6.45) is 2.91. The first kappa shape index (κ1) is 28.1. The third-order valence-electron chi connectivity index (χ3n) is 8.16. The molecule has 3 unspecified atom stereocenters. The maximum absolute atomic E-state index is 11.9. The fraction of sp³-hybridized carbons (Fsp3) is 0.406. The van der Waals surface area contributed by atoms with Gasteiger partial charge in [0.05, 0.1) is 5.71 Å². The maximum Gasteiger partial charge on any atom is 0.407 e. The summed E-state index contributed by atoms with van der Waals surface area (Å²) in [5.74, 6) is 0.232. The molecule has 2 aromatic carbocycles. The van der Waals surface area contributed by atoms with E-state index in [0.717, 1.165) is 29.5 Å². The fourth-order valence-corrected chi connectivity index (χ4v) is 5.88. The van der Waals surface area contributed by atoms with Gasteiger partial charge in [-0.25, -0.2) is 4.79 Å². The van der Waals surface area contributed by atoms with Crippen LogP contribution >= 0.6 is 0 Å². The summed E-state index contributed by atoms with van der Waals surface area (Å²) in [5.41, 5.74) is 5.57. The molecule has 0 aliphatic carbocycles. The molecule has 1 fully saturated rings. The van der Waals surface area contributed by atoms with Crippen molar-refractivity contribution in [3.8, 4) is 0 Å². The molecule has 7 heteroatoms. The highest BCUT2D eigenvalue weighted by Crippen LogP contribution is 2.40. The number of aromatic nitrogens is 1. The minimum atomic E-state index is -0.843. The van der Waals surface area contributed by atoms with Gasteiger partial charge in [0, 0.05) is 49.8 Å². The van der Waals surface area contributed by atoms with Gasteiger partial charge < -0.3 is 19.8 Å². The summed E-state index contributed by atoms with van der Waals surface area (Å²) < 4.78 is 1.48. The Morgan fingerprint density at radius 3 is 2.36 bits per heavy atom. The molecule has 1 aliphatic heterocycles. The molecule has 3 atom stereocenters. The van der Waals surface area contributed by atoms with Crippen molar-refractivity contribution in [1.29, 1.82) is 0 Å². The number of aryl methyl sites for hydroxylation is 2. The van der Waals surface area contributed by atoms with E-state index in [1.807, 2.05) is 12.1 Å². The molecule has 0 radical (unpaired) electrons. The quantitative estimate of drug-likeness (QED) is 0.220. The number of amides is 1. The van der Waals surface area contributed by atoms with Crippen LogP contribution in [0.15, 0.2) is 76.8 Å². The van der Waals surface area contributed by atoms with E-state index in [2.05, 4.69) is 69.2 Å². The third-order valence-corrected chi connectivity index (χ3v) is 8.16. The highest BCUT2D eigenvalue weighted by molar-refractivity contribution is 6.00. The van der Waals surface area contributed by atoms with E-state index < -0.39 is 6.09 Å². The molecule has 0 bridgehead atoms. The van der Waals surface area contributed by atoms with Crippen LogP contribution in [0.25, 0.3) is 0 Å². The molecule has 0 saturated carbocycles. The van der Waals surface area contributed by atoms with Crippen molar-refractivity contribution in [2.24, 2.45) is 17.6 Å². The van der Waals surface area contributed by atoms with E-state index in [4.69, 9.17) is 0 Å². The van der Waals surface area contributed by atoms with Crippen LogP contribution in [-0.2, 0) is 7.05 Å². The van der Waals surface area contributed by atoms with E-state index in [1.54, 1.807) is 24.2 Å². The first-order chi connectivity index (χ1) is 18.5. The van der Waals surface area contributed by atoms with Crippen molar-refractivity contribution < 1.29 is 15.1 Å². The molecular formula is C32H39N3O4. The highest BCUT2D eigenvalue weighted by atomic mass is 16.4. The lowest BCUT2D eigenvalue weighted by Gasteiger charge is -2.44. The number of pyridine rings is 1. The fourth-order valence-electron chi connectivity index (χ4n) is 5.88. The Hall–Kier alpha value is -3.87. The zero-order chi connectivity index (χ0) is 28.3. The Balaban J connectivity index is 1.65. The van der Waals surface area contributed by atoms with Gasteiger partial charge in [-0.2, -0.15) is 0 Å². The number of nitrogens with zero attached hydrogens (tertiary/aromatic N) is 3. The minimum absolute atomic E-state index is 0.0432. The molecular weight excluding hydrogens is 490 g/mol. The summed E-state index contributed by atoms with van der Waals surface area (Å²) in [6.45, 7) is 8.94. The number of benzene rings is 2. The van der Waals surface area contributed by atoms with Gasteiger partial charge in [0.25, 0.3) is 0 Å². The number of rotatable bonds is 6. The lowest BCUT2D eigenvalue weighted by molar-refractivity contribution is 0.0526. The molecule has 2 heterocycles. The van der Waals surface area contributed by atoms with Crippen LogP contribution in [0.5, 0.6) is 0 Å². The predicted octanol–water partition coefficient (Wildman–Crippen LogP) is 6.37. The van der Waals surface area contributed by atoms with Gasteiger partial charge in [0.2, 0.25) is 5.56 Å². The van der Waals surface area contributed by atoms with E-state index >= 15 is 0 Å². The second-order valence-electron chi connectivity index (χ2n) is 11.8. The number of likely N-dealkylation sites (tertiary alicyclic amines) is 1. The van der Waals surface area contributed by atoms with E-state index in [-0.39, 0.29) is 28.9 Å². The molecule has 1 amide bonds. The van der Waals surface area contributed by atoms with Gasteiger partial charge in [-0.15, -0.1) is 0 Å². The Labute approximate surface area is 230 Å². The topological polar surface area (TPSA) is 95.1 Å². The number of hydrogen-bond acceptors (Lipinski definition) is 4. The standard InChI is InChI=1S/C32H39N3O4/c1-21-8-6-7-9-26(21)27(19-28(33-39)25-14-15-30(36)34(5)20-25)23-12-10-22(11-13-23)24-16-17-35(31(37)38)29(18-24)32(2,3)4/h6-15,20,24,27,29,39H,16-19H2,1-5H3,(H,37,38)/b33-28+. The first-order valence-corrected chi connectivity index (χ1v) is 13.5. The smallest absolute Gasteiger partial charge is 0.407 e. The zero-order valence-corrected chi connectivity index (χ0v) is 23.5. The predicted molar refractivity (Wildman–Crippen MR) is 154 cm³/mol. The average molecular weight is 530 g/mol. The van der Waals surface area contributed by atoms with Crippen molar-refractivity contribution in [3.05, 3.63) is 105 Å². The maximum atomic E-state index is 11.9. The van der Waals surface area contributed by atoms with Crippen LogP contribution in [0.2, 0.25) is 0 Å². The Morgan fingerprint density at radius 1 is 1.08 bits per heavy atom. The lowest BCUT2D eigenvalue weighted by atomic mass is 9.75. The van der Waals surface area contributed by atoms with Gasteiger partial charge in [0.1, 0.15) is 0 Å². The van der Waals surface area contributed by atoms with E-state index in [9.17, 15) is 19.9 Å². The second-order valence-corrected chi connectivity index (χ2v) is 11.8. The minimum Gasteiger partial charge on any atom is -0.465 e. The van der Waals surface area contributed by atoms with Crippen LogP contribution in [-0.4, -0.2) is 44.2 Å². The summed E-state index contributed by atoms with van der Waals surface area (Å²) in [6, 6.07) is 20.0. The van der Waals surface area contributed by atoms with Crippen LogP contribution in [0.4, 0.5) is 4.79 Å². The van der Waals surface area contributed by atoms with Crippen molar-refractivity contribution >= 4 is 11.8 Å². The van der Waals surface area contributed by atoms with Crippen molar-refractivity contribution in [2.75, 3.05) is 6.54 Å².